The van der Waals surface area contributed by atoms with E-state index < -0.39 is 5.97 Å². The minimum Gasteiger partial charge on any atom is -0.493 e. The van der Waals surface area contributed by atoms with Gasteiger partial charge in [0.25, 0.3) is 0 Å². The van der Waals surface area contributed by atoms with Crippen LogP contribution in [0.25, 0.3) is 0 Å². The summed E-state index contributed by atoms with van der Waals surface area (Å²) in [6.45, 7) is 1.84. The van der Waals surface area contributed by atoms with Gasteiger partial charge in [-0.05, 0) is 41.8 Å². The molecule has 0 aliphatic heterocycles. The molecule has 138 valence electrons. The lowest BCUT2D eigenvalue weighted by molar-refractivity contribution is -0.136. The van der Waals surface area contributed by atoms with E-state index in [1.54, 1.807) is 38.5 Å². The summed E-state index contributed by atoms with van der Waals surface area (Å²) >= 11 is 0. The molecule has 6 nitrogen and oxygen atoms in total. The van der Waals surface area contributed by atoms with Gasteiger partial charge < -0.3 is 19.9 Å². The predicted octanol–water partition coefficient (Wildman–Crippen LogP) is 3.15. The molecule has 0 saturated carbocycles. The van der Waals surface area contributed by atoms with Gasteiger partial charge in [-0.15, -0.1) is 0 Å². The first-order valence-electron chi connectivity index (χ1n) is 8.25. The van der Waals surface area contributed by atoms with Crippen molar-refractivity contribution in [3.05, 3.63) is 53.6 Å². The Hall–Kier alpha value is -3.02. The summed E-state index contributed by atoms with van der Waals surface area (Å²) in [7, 11) is 3.15. The van der Waals surface area contributed by atoms with E-state index in [9.17, 15) is 9.59 Å². The first-order valence-corrected chi connectivity index (χ1v) is 8.25. The van der Waals surface area contributed by atoms with E-state index in [0.29, 0.717) is 29.2 Å². The number of nitrogens with one attached hydrogen (secondary N) is 1. The largest absolute Gasteiger partial charge is 0.493 e. The standard InChI is InChI=1S/C20H23NO5/c1-13(9-15-7-8-17(25-2)18(11-15)26-3)20(24)21-16-6-4-5-14(10-16)12-19(22)23/h4-8,10-11,13H,9,12H2,1-3H3,(H,21,24)(H,22,23). The van der Waals surface area contributed by atoms with Crippen molar-refractivity contribution in [2.75, 3.05) is 19.5 Å². The van der Waals surface area contributed by atoms with Crippen LogP contribution in [0.4, 0.5) is 5.69 Å². The Morgan fingerprint density at radius 2 is 1.77 bits per heavy atom. The number of methoxy groups -OCH3 is 2. The second kappa shape index (κ2) is 8.89. The fourth-order valence-electron chi connectivity index (χ4n) is 2.65. The topological polar surface area (TPSA) is 84.9 Å². The van der Waals surface area contributed by atoms with E-state index in [4.69, 9.17) is 14.6 Å². The number of hydrogen-bond donors (Lipinski definition) is 2. The fourth-order valence-corrected chi connectivity index (χ4v) is 2.65. The molecule has 0 heterocycles. The molecule has 26 heavy (non-hydrogen) atoms. The third-order valence-corrected chi connectivity index (χ3v) is 3.99. The van der Waals surface area contributed by atoms with Gasteiger partial charge in [0.15, 0.2) is 11.5 Å². The third-order valence-electron chi connectivity index (χ3n) is 3.99. The van der Waals surface area contributed by atoms with Crippen LogP contribution < -0.4 is 14.8 Å². The number of anilines is 1. The molecule has 0 aliphatic rings. The second-order valence-corrected chi connectivity index (χ2v) is 6.05. The first kappa shape index (κ1) is 19.3. The molecule has 2 rings (SSSR count). The quantitative estimate of drug-likeness (QED) is 0.758. The van der Waals surface area contributed by atoms with E-state index in [1.807, 2.05) is 25.1 Å². The van der Waals surface area contributed by atoms with Crippen LogP contribution >= 0.6 is 0 Å². The molecule has 1 unspecified atom stereocenters. The number of carboxylic acids is 1. The van der Waals surface area contributed by atoms with E-state index in [0.717, 1.165) is 5.56 Å². The molecule has 1 amide bonds. The van der Waals surface area contributed by atoms with Gasteiger partial charge in [0.2, 0.25) is 5.91 Å². The van der Waals surface area contributed by atoms with Gasteiger partial charge in [-0.25, -0.2) is 0 Å². The van der Waals surface area contributed by atoms with Crippen LogP contribution in [-0.4, -0.2) is 31.2 Å². The van der Waals surface area contributed by atoms with Gasteiger partial charge in [-0.1, -0.05) is 25.1 Å². The van der Waals surface area contributed by atoms with Gasteiger partial charge in [-0.3, -0.25) is 9.59 Å². The van der Waals surface area contributed by atoms with Crippen LogP contribution in [0.1, 0.15) is 18.1 Å². The molecule has 2 N–H and O–H groups in total. The average Bonchev–Trinajstić information content (AvgIpc) is 2.61. The maximum absolute atomic E-state index is 12.4. The molecule has 0 saturated heterocycles. The fraction of sp³-hybridized carbons (Fsp3) is 0.300. The number of carbonyl (C=O) groups is 2. The maximum atomic E-state index is 12.4. The van der Waals surface area contributed by atoms with Gasteiger partial charge in [0.05, 0.1) is 20.6 Å². The van der Waals surface area contributed by atoms with Crippen molar-refractivity contribution in [2.45, 2.75) is 19.8 Å². The average molecular weight is 357 g/mol. The number of amides is 1. The highest BCUT2D eigenvalue weighted by Crippen LogP contribution is 2.28. The Kier molecular flexibility index (Phi) is 6.60. The van der Waals surface area contributed by atoms with Crippen LogP contribution in [0.3, 0.4) is 0 Å². The lowest BCUT2D eigenvalue weighted by Gasteiger charge is -2.14. The zero-order valence-electron chi connectivity index (χ0n) is 15.1. The van der Waals surface area contributed by atoms with Crippen LogP contribution in [0.15, 0.2) is 42.5 Å². The molecule has 0 bridgehead atoms. The SMILES string of the molecule is COc1ccc(CC(C)C(=O)Nc2cccc(CC(=O)O)c2)cc1OC. The zero-order valence-corrected chi connectivity index (χ0v) is 15.1. The summed E-state index contributed by atoms with van der Waals surface area (Å²) in [5.74, 6) is -0.0404. The van der Waals surface area contributed by atoms with Crippen molar-refractivity contribution < 1.29 is 24.2 Å². The van der Waals surface area contributed by atoms with Crippen molar-refractivity contribution in [1.82, 2.24) is 0 Å². The third kappa shape index (κ3) is 5.24. The predicted molar refractivity (Wildman–Crippen MR) is 98.8 cm³/mol. The molecule has 0 fully saturated rings. The highest BCUT2D eigenvalue weighted by Gasteiger charge is 2.15. The van der Waals surface area contributed by atoms with Crippen molar-refractivity contribution in [3.8, 4) is 11.5 Å². The van der Waals surface area contributed by atoms with Gasteiger partial charge in [0, 0.05) is 11.6 Å². The number of carboxylic acid groups (broad SMARTS) is 1. The lowest BCUT2D eigenvalue weighted by atomic mass is 9.99. The van der Waals surface area contributed by atoms with E-state index in [1.165, 1.54) is 0 Å². The lowest BCUT2D eigenvalue weighted by Crippen LogP contribution is -2.22. The Bertz CT molecular complexity index is 788. The maximum Gasteiger partial charge on any atom is 0.307 e. The Morgan fingerprint density at radius 1 is 1.04 bits per heavy atom. The molecule has 2 aromatic carbocycles. The summed E-state index contributed by atoms with van der Waals surface area (Å²) in [5.41, 5.74) is 2.20. The Morgan fingerprint density at radius 3 is 2.42 bits per heavy atom. The summed E-state index contributed by atoms with van der Waals surface area (Å²) in [5, 5.41) is 11.7. The summed E-state index contributed by atoms with van der Waals surface area (Å²) in [4.78, 5) is 23.2. The number of aliphatic carboxylic acids is 1. The molecule has 0 spiro atoms. The summed E-state index contributed by atoms with van der Waals surface area (Å²) < 4.78 is 10.5. The van der Waals surface area contributed by atoms with Crippen molar-refractivity contribution >= 4 is 17.6 Å². The Labute approximate surface area is 152 Å². The normalized spacial score (nSPS) is 11.5. The minimum absolute atomic E-state index is 0.0785. The summed E-state index contributed by atoms with van der Waals surface area (Å²) in [6, 6.07) is 12.4. The van der Waals surface area contributed by atoms with E-state index >= 15 is 0 Å². The van der Waals surface area contributed by atoms with E-state index in [-0.39, 0.29) is 18.2 Å². The number of benzene rings is 2. The van der Waals surface area contributed by atoms with Crippen LogP contribution in [0, 0.1) is 5.92 Å². The number of carbonyl (C=O) groups excluding carboxylic acids is 1. The molecular formula is C20H23NO5. The molecule has 2 aromatic rings. The molecule has 6 heteroatoms. The number of rotatable bonds is 8. The van der Waals surface area contributed by atoms with Gasteiger partial charge >= 0.3 is 5.97 Å². The van der Waals surface area contributed by atoms with Crippen LogP contribution in [0.2, 0.25) is 0 Å². The van der Waals surface area contributed by atoms with Crippen LogP contribution in [-0.2, 0) is 22.4 Å². The Balaban J connectivity index is 2.02. The van der Waals surface area contributed by atoms with Crippen molar-refractivity contribution in [1.29, 1.82) is 0 Å². The number of hydrogen-bond acceptors (Lipinski definition) is 4. The first-order chi connectivity index (χ1) is 12.4. The van der Waals surface area contributed by atoms with Crippen molar-refractivity contribution in [2.24, 2.45) is 5.92 Å². The smallest absolute Gasteiger partial charge is 0.307 e. The number of ether oxygens (including phenoxy) is 2. The molecule has 0 aromatic heterocycles. The molecule has 0 aliphatic carbocycles. The van der Waals surface area contributed by atoms with E-state index in [2.05, 4.69) is 5.32 Å². The molecule has 0 radical (unpaired) electrons. The van der Waals surface area contributed by atoms with Crippen LogP contribution in [0.5, 0.6) is 11.5 Å². The minimum atomic E-state index is -0.907. The van der Waals surface area contributed by atoms with Crippen molar-refractivity contribution in [3.63, 3.8) is 0 Å². The zero-order chi connectivity index (χ0) is 19.1. The molecule has 1 atom stereocenters. The highest BCUT2D eigenvalue weighted by molar-refractivity contribution is 5.92. The second-order valence-electron chi connectivity index (χ2n) is 6.05. The monoisotopic (exact) mass is 357 g/mol. The van der Waals surface area contributed by atoms with Gasteiger partial charge in [0.1, 0.15) is 0 Å². The van der Waals surface area contributed by atoms with Gasteiger partial charge in [-0.2, -0.15) is 0 Å². The highest BCUT2D eigenvalue weighted by atomic mass is 16.5. The summed E-state index contributed by atoms with van der Waals surface area (Å²) in [6.07, 6.45) is 0.464. The molecular weight excluding hydrogens is 334 g/mol.